The number of nitrogens with zero attached hydrogens (tertiary/aromatic N) is 3. The summed E-state index contributed by atoms with van der Waals surface area (Å²) < 4.78 is 9.38. The van der Waals surface area contributed by atoms with Gasteiger partial charge in [-0.2, -0.15) is 0 Å². The summed E-state index contributed by atoms with van der Waals surface area (Å²) in [7, 11) is 0. The molecule has 0 aliphatic carbocycles. The van der Waals surface area contributed by atoms with Gasteiger partial charge in [0.05, 0.1) is 5.69 Å². The average molecular weight is 906 g/mol. The Kier molecular flexibility index (Phi) is 8.78. The number of benzene rings is 7. The lowest BCUT2D eigenvalue weighted by Crippen LogP contribution is -2.83. The third-order valence-corrected chi connectivity index (χ3v) is 13.0. The summed E-state index contributed by atoms with van der Waals surface area (Å²) >= 11 is 14.1. The maximum absolute atomic E-state index is 15.8. The van der Waals surface area contributed by atoms with Gasteiger partial charge < -0.3 is 4.74 Å². The van der Waals surface area contributed by atoms with E-state index in [4.69, 9.17) is 21.3 Å². The number of hydrogen-bond donors (Lipinski definition) is 0. The van der Waals surface area contributed by atoms with Crippen LogP contribution in [-0.4, -0.2) is 23.9 Å². The molecule has 6 nitrogen and oxygen atoms in total. The zero-order valence-electron chi connectivity index (χ0n) is 30.7. The van der Waals surface area contributed by atoms with Crippen molar-refractivity contribution in [2.45, 2.75) is 22.6 Å². The molecule has 0 bridgehead atoms. The quantitative estimate of drug-likeness (QED) is 0.150. The second kappa shape index (κ2) is 13.9. The van der Waals surface area contributed by atoms with E-state index in [1.54, 1.807) is 15.9 Å². The van der Waals surface area contributed by atoms with E-state index in [0.29, 0.717) is 27.6 Å². The van der Waals surface area contributed by atoms with Crippen molar-refractivity contribution in [1.29, 1.82) is 0 Å². The largest absolute Gasteiger partial charge is 0.452 e. The zero-order valence-corrected chi connectivity index (χ0v) is 34.6. The molecule has 0 N–H and O–H groups in total. The van der Waals surface area contributed by atoms with E-state index < -0.39 is 22.6 Å². The Bertz CT molecular complexity index is 2660. The summed E-state index contributed by atoms with van der Waals surface area (Å²) in [6.45, 7) is 0. The summed E-state index contributed by atoms with van der Waals surface area (Å²) in [5.41, 5.74) is 1.55. The number of halogens is 3. The monoisotopic (exact) mass is 903 g/mol. The van der Waals surface area contributed by atoms with Crippen molar-refractivity contribution in [2.24, 2.45) is 4.99 Å². The van der Waals surface area contributed by atoms with Gasteiger partial charge in [-0.3, -0.25) is 19.4 Å². The molecule has 0 aromatic heterocycles. The summed E-state index contributed by atoms with van der Waals surface area (Å²) in [5.74, 6) is -0.0590. The zero-order chi connectivity index (χ0) is 39.6. The van der Waals surface area contributed by atoms with Crippen molar-refractivity contribution >= 4 is 78.2 Å². The van der Waals surface area contributed by atoms with Gasteiger partial charge in [0.25, 0.3) is 5.91 Å². The van der Waals surface area contributed by atoms with Crippen LogP contribution in [0.1, 0.15) is 27.8 Å². The first kappa shape index (κ1) is 36.5. The summed E-state index contributed by atoms with van der Waals surface area (Å²) in [4.78, 5) is 40.0. The fraction of sp³-hybridized carbons (Fsp3) is 0.0816. The third-order valence-electron chi connectivity index (χ3n) is 11.7. The Labute approximate surface area is 357 Å². The number of carbonyl (C=O) groups excluding carboxylic acids is 2. The van der Waals surface area contributed by atoms with Gasteiger partial charge in [-0.1, -0.05) is 165 Å². The second-order valence-corrected chi connectivity index (χ2v) is 16.8. The fourth-order valence-corrected chi connectivity index (χ4v) is 10.0. The molecular formula is C49H32Br2ClN3O3. The van der Waals surface area contributed by atoms with Crippen LogP contribution >= 0.6 is 43.5 Å². The standard InChI is InChI=1S/C49H32Br2ClN3O3/c50-36-21-26-39(27-22-36)54-44(56)47(32-13-5-1-6-14-32,33-15-7-2-8-16-33)46(54)58-43-49(41-31-38(52)25-30-42(41)53-43)48(34-17-9-3-10-18-34,35-19-11-4-12-20-35)45(57)55(49)40-28-23-37(51)24-29-40/h1-31,46H/t46-,49-/m1/s1. The first-order chi connectivity index (χ1) is 28.3. The van der Waals surface area contributed by atoms with E-state index in [0.717, 1.165) is 31.2 Å². The predicted octanol–water partition coefficient (Wildman–Crippen LogP) is 11.5. The Balaban J connectivity index is 1.29. The van der Waals surface area contributed by atoms with Crippen molar-refractivity contribution < 1.29 is 14.3 Å². The van der Waals surface area contributed by atoms with E-state index in [-0.39, 0.29) is 17.7 Å². The summed E-state index contributed by atoms with van der Waals surface area (Å²) in [5, 5.41) is 0.484. The van der Waals surface area contributed by atoms with Gasteiger partial charge in [0.1, 0.15) is 5.41 Å². The molecule has 3 aliphatic heterocycles. The smallest absolute Gasteiger partial charge is 0.250 e. The molecule has 2 amide bonds. The highest BCUT2D eigenvalue weighted by Crippen LogP contribution is 2.66. The molecule has 58 heavy (non-hydrogen) atoms. The van der Waals surface area contributed by atoms with Crippen molar-refractivity contribution in [3.05, 3.63) is 230 Å². The van der Waals surface area contributed by atoms with Crippen molar-refractivity contribution in [2.75, 3.05) is 9.80 Å². The molecule has 2 atom stereocenters. The van der Waals surface area contributed by atoms with Crippen LogP contribution < -0.4 is 9.80 Å². The molecule has 3 heterocycles. The van der Waals surface area contributed by atoms with Gasteiger partial charge in [0, 0.05) is 30.9 Å². The maximum Gasteiger partial charge on any atom is 0.250 e. The van der Waals surface area contributed by atoms with Gasteiger partial charge in [0.2, 0.25) is 18.0 Å². The predicted molar refractivity (Wildman–Crippen MR) is 236 cm³/mol. The molecule has 10 rings (SSSR count). The van der Waals surface area contributed by atoms with Crippen LogP contribution in [0.15, 0.2) is 202 Å². The van der Waals surface area contributed by atoms with Crippen LogP contribution in [-0.2, 0) is 30.7 Å². The molecule has 0 saturated carbocycles. The lowest BCUT2D eigenvalue weighted by atomic mass is 9.51. The number of rotatable bonds is 7. The third kappa shape index (κ3) is 4.98. The highest BCUT2D eigenvalue weighted by atomic mass is 79.9. The normalized spacial score (nSPS) is 19.9. The van der Waals surface area contributed by atoms with Crippen LogP contribution in [0.2, 0.25) is 5.02 Å². The highest BCUT2D eigenvalue weighted by Gasteiger charge is 2.80. The minimum absolute atomic E-state index is 0.155. The molecule has 2 saturated heterocycles. The molecule has 1 spiro atoms. The van der Waals surface area contributed by atoms with Crippen molar-refractivity contribution in [1.82, 2.24) is 0 Å². The van der Waals surface area contributed by atoms with Gasteiger partial charge in [-0.05, 0) is 89.0 Å². The number of anilines is 2. The summed E-state index contributed by atoms with van der Waals surface area (Å²) in [6.07, 6.45) is -0.960. The Morgan fingerprint density at radius 2 is 1.02 bits per heavy atom. The number of ether oxygens (including phenoxy) is 1. The van der Waals surface area contributed by atoms with Crippen molar-refractivity contribution in [3.8, 4) is 0 Å². The van der Waals surface area contributed by atoms with E-state index in [1.165, 1.54) is 0 Å². The van der Waals surface area contributed by atoms with E-state index in [2.05, 4.69) is 31.9 Å². The van der Waals surface area contributed by atoms with E-state index >= 15 is 9.59 Å². The number of amides is 2. The van der Waals surface area contributed by atoms with Gasteiger partial charge in [-0.25, -0.2) is 4.99 Å². The van der Waals surface area contributed by atoms with Gasteiger partial charge in [0.15, 0.2) is 11.0 Å². The van der Waals surface area contributed by atoms with E-state index in [9.17, 15) is 0 Å². The minimum atomic E-state index is -1.43. The highest BCUT2D eigenvalue weighted by molar-refractivity contribution is 9.10. The molecule has 7 aromatic carbocycles. The number of fused-ring (bicyclic) bond motifs is 2. The SMILES string of the molecule is O=C1N(c2ccc(Br)cc2)[C@H](OC2=Nc3ccc(Cl)cc3[C@@]23N(c2ccc(Br)cc2)C(=O)C3(c2ccccc2)c2ccccc2)C1(c1ccccc1)c1ccccc1. The number of hydrogen-bond acceptors (Lipinski definition) is 4. The number of aliphatic imine (C=N–C) groups is 1. The Morgan fingerprint density at radius 3 is 1.52 bits per heavy atom. The van der Waals surface area contributed by atoms with Crippen LogP contribution in [0.4, 0.5) is 17.1 Å². The molecule has 0 radical (unpaired) electrons. The van der Waals surface area contributed by atoms with Crippen LogP contribution in [0.25, 0.3) is 0 Å². The molecule has 7 aromatic rings. The van der Waals surface area contributed by atoms with E-state index in [1.807, 2.05) is 182 Å². The molecule has 0 unspecified atom stereocenters. The van der Waals surface area contributed by atoms with Gasteiger partial charge in [-0.15, -0.1) is 0 Å². The molecule has 282 valence electrons. The van der Waals surface area contributed by atoms with Crippen LogP contribution in [0, 0.1) is 0 Å². The lowest BCUT2D eigenvalue weighted by molar-refractivity contribution is -0.141. The average Bonchev–Trinajstić information content (AvgIpc) is 3.58. The first-order valence-corrected chi connectivity index (χ1v) is 20.8. The van der Waals surface area contributed by atoms with Crippen LogP contribution in [0.3, 0.4) is 0 Å². The molecule has 9 heteroatoms. The fourth-order valence-electron chi connectivity index (χ4n) is 9.32. The minimum Gasteiger partial charge on any atom is -0.452 e. The van der Waals surface area contributed by atoms with Crippen molar-refractivity contribution in [3.63, 3.8) is 0 Å². The first-order valence-electron chi connectivity index (χ1n) is 18.8. The number of carbonyl (C=O) groups is 2. The number of β-lactam (4-membered cyclic amide) rings is 2. The Hall–Kier alpha value is -5.80. The maximum atomic E-state index is 15.8. The second-order valence-electron chi connectivity index (χ2n) is 14.5. The van der Waals surface area contributed by atoms with Gasteiger partial charge >= 0.3 is 0 Å². The summed E-state index contributed by atoms with van der Waals surface area (Å²) in [6, 6.07) is 60.0. The molecule has 3 aliphatic rings. The topological polar surface area (TPSA) is 62.2 Å². The lowest BCUT2D eigenvalue weighted by Gasteiger charge is -2.64. The molecular weight excluding hydrogens is 874 g/mol. The molecule has 2 fully saturated rings. The Morgan fingerprint density at radius 1 is 0.552 bits per heavy atom. The van der Waals surface area contributed by atoms with Crippen LogP contribution in [0.5, 0.6) is 0 Å².